The lowest BCUT2D eigenvalue weighted by atomic mass is 10.0. The van der Waals surface area contributed by atoms with E-state index in [1.807, 2.05) is 54.4 Å². The van der Waals surface area contributed by atoms with Crippen molar-refractivity contribution in [3.05, 3.63) is 76.8 Å². The van der Waals surface area contributed by atoms with Crippen LogP contribution in [0.1, 0.15) is 42.4 Å². The fourth-order valence-corrected chi connectivity index (χ4v) is 5.69. The first-order chi connectivity index (χ1) is 14.2. The molecule has 0 amide bonds. The number of hydrogen-bond acceptors (Lipinski definition) is 5. The molecular formula is C23H22ClN3OS. The van der Waals surface area contributed by atoms with Crippen LogP contribution in [0.4, 0.5) is 0 Å². The summed E-state index contributed by atoms with van der Waals surface area (Å²) in [5.41, 5.74) is 3.15. The summed E-state index contributed by atoms with van der Waals surface area (Å²) in [6, 6.07) is 16.5. The molecule has 29 heavy (non-hydrogen) atoms. The van der Waals surface area contributed by atoms with Crippen LogP contribution in [-0.2, 0) is 0 Å². The maximum atomic E-state index is 6.43. The number of furan rings is 1. The Bertz CT molecular complexity index is 1060. The summed E-state index contributed by atoms with van der Waals surface area (Å²) >= 11 is 8.07. The number of aryl methyl sites for hydroxylation is 1. The van der Waals surface area contributed by atoms with E-state index in [1.54, 1.807) is 0 Å². The molecule has 4 heterocycles. The Morgan fingerprint density at radius 3 is 2.90 bits per heavy atom. The van der Waals surface area contributed by atoms with Crippen LogP contribution in [-0.4, -0.2) is 26.8 Å². The summed E-state index contributed by atoms with van der Waals surface area (Å²) in [6.07, 6.45) is 2.92. The Balaban J connectivity index is 1.57. The molecule has 0 aliphatic carbocycles. The number of nitrogens with zero attached hydrogens (tertiary/aromatic N) is 3. The van der Waals surface area contributed by atoms with Crippen LogP contribution < -0.4 is 0 Å². The van der Waals surface area contributed by atoms with Gasteiger partial charge in [0.15, 0.2) is 5.17 Å². The van der Waals surface area contributed by atoms with Crippen LogP contribution in [0.2, 0.25) is 5.02 Å². The van der Waals surface area contributed by atoms with E-state index >= 15 is 0 Å². The lowest BCUT2D eigenvalue weighted by molar-refractivity contribution is 0.226. The maximum Gasteiger partial charge on any atom is 0.161 e. The SMILES string of the molecule is CC[C@@H]1CSC2=N[C@@H](c3ccccn3)[C@H](c3ccc(-c4cc(Cl)ccc4C)o3)N21. The highest BCUT2D eigenvalue weighted by atomic mass is 35.5. The molecule has 1 fully saturated rings. The van der Waals surface area contributed by atoms with Gasteiger partial charge in [0.25, 0.3) is 0 Å². The van der Waals surface area contributed by atoms with Crippen molar-refractivity contribution in [2.75, 3.05) is 5.75 Å². The predicted octanol–water partition coefficient (Wildman–Crippen LogP) is 6.28. The second-order valence-corrected chi connectivity index (χ2v) is 8.92. The number of halogens is 1. The van der Waals surface area contributed by atoms with Crippen molar-refractivity contribution in [3.8, 4) is 11.3 Å². The molecule has 1 saturated heterocycles. The molecule has 3 atom stereocenters. The van der Waals surface area contributed by atoms with Gasteiger partial charge in [-0.2, -0.15) is 0 Å². The summed E-state index contributed by atoms with van der Waals surface area (Å²) in [6.45, 7) is 4.31. The van der Waals surface area contributed by atoms with Crippen LogP contribution in [0.15, 0.2) is 64.1 Å². The molecule has 0 saturated carbocycles. The number of rotatable bonds is 4. The molecule has 2 aliphatic heterocycles. The lowest BCUT2D eigenvalue weighted by Gasteiger charge is -2.30. The fraction of sp³-hybridized carbons (Fsp3) is 0.304. The van der Waals surface area contributed by atoms with Crippen molar-refractivity contribution in [2.45, 2.75) is 38.4 Å². The summed E-state index contributed by atoms with van der Waals surface area (Å²) in [4.78, 5) is 12.1. The highest BCUT2D eigenvalue weighted by Crippen LogP contribution is 2.49. The fourth-order valence-electron chi connectivity index (χ4n) is 4.18. The van der Waals surface area contributed by atoms with Gasteiger partial charge in [0.05, 0.1) is 5.69 Å². The quantitative estimate of drug-likeness (QED) is 0.495. The molecule has 5 rings (SSSR count). The average Bonchev–Trinajstić information content (AvgIpc) is 3.45. The number of fused-ring (bicyclic) bond motifs is 1. The minimum absolute atomic E-state index is 0.0214. The number of aromatic nitrogens is 1. The Morgan fingerprint density at radius 2 is 2.10 bits per heavy atom. The molecule has 0 spiro atoms. The molecule has 0 radical (unpaired) electrons. The van der Waals surface area contributed by atoms with Crippen molar-refractivity contribution in [1.82, 2.24) is 9.88 Å². The van der Waals surface area contributed by atoms with E-state index in [2.05, 4.69) is 35.9 Å². The van der Waals surface area contributed by atoms with E-state index in [1.165, 1.54) is 0 Å². The van der Waals surface area contributed by atoms with Crippen LogP contribution >= 0.6 is 23.4 Å². The zero-order valence-electron chi connectivity index (χ0n) is 16.4. The van der Waals surface area contributed by atoms with Gasteiger partial charge in [0.1, 0.15) is 23.6 Å². The summed E-state index contributed by atoms with van der Waals surface area (Å²) in [7, 11) is 0. The summed E-state index contributed by atoms with van der Waals surface area (Å²) in [5.74, 6) is 2.84. The molecule has 0 bridgehead atoms. The molecule has 1 aromatic carbocycles. The van der Waals surface area contributed by atoms with Gasteiger partial charge in [-0.1, -0.05) is 42.4 Å². The van der Waals surface area contributed by atoms with Gasteiger partial charge in [-0.25, -0.2) is 4.99 Å². The minimum atomic E-state index is -0.0625. The number of amidine groups is 1. The third kappa shape index (κ3) is 3.26. The Kier molecular flexibility index (Phi) is 4.88. The van der Waals surface area contributed by atoms with E-state index in [0.717, 1.165) is 45.7 Å². The maximum absolute atomic E-state index is 6.43. The van der Waals surface area contributed by atoms with Crippen molar-refractivity contribution in [1.29, 1.82) is 0 Å². The minimum Gasteiger partial charge on any atom is -0.459 e. The number of benzene rings is 1. The van der Waals surface area contributed by atoms with Crippen LogP contribution in [0.3, 0.4) is 0 Å². The van der Waals surface area contributed by atoms with Crippen LogP contribution in [0.25, 0.3) is 11.3 Å². The largest absolute Gasteiger partial charge is 0.459 e. The highest BCUT2D eigenvalue weighted by molar-refractivity contribution is 8.14. The van der Waals surface area contributed by atoms with E-state index in [9.17, 15) is 0 Å². The van der Waals surface area contributed by atoms with Gasteiger partial charge in [-0.15, -0.1) is 0 Å². The van der Waals surface area contributed by atoms with Crippen LogP contribution in [0, 0.1) is 6.92 Å². The van der Waals surface area contributed by atoms with Crippen molar-refractivity contribution in [3.63, 3.8) is 0 Å². The van der Waals surface area contributed by atoms with Gasteiger partial charge in [-0.05, 0) is 55.3 Å². The average molecular weight is 424 g/mol. The Labute approximate surface area is 180 Å². The van der Waals surface area contributed by atoms with Crippen molar-refractivity contribution in [2.24, 2.45) is 4.99 Å². The lowest BCUT2D eigenvalue weighted by Crippen LogP contribution is -2.35. The van der Waals surface area contributed by atoms with E-state index < -0.39 is 0 Å². The summed E-state index contributed by atoms with van der Waals surface area (Å²) in [5, 5.41) is 1.82. The summed E-state index contributed by atoms with van der Waals surface area (Å²) < 4.78 is 6.43. The zero-order valence-corrected chi connectivity index (χ0v) is 18.0. The molecule has 6 heteroatoms. The van der Waals surface area contributed by atoms with Gasteiger partial charge in [0.2, 0.25) is 0 Å². The van der Waals surface area contributed by atoms with E-state index in [0.29, 0.717) is 11.1 Å². The molecular weight excluding hydrogens is 402 g/mol. The third-order valence-corrected chi connectivity index (χ3v) is 7.07. The second-order valence-electron chi connectivity index (χ2n) is 7.50. The first kappa shape index (κ1) is 18.8. The van der Waals surface area contributed by atoms with Gasteiger partial charge in [-0.3, -0.25) is 4.98 Å². The first-order valence-electron chi connectivity index (χ1n) is 9.92. The van der Waals surface area contributed by atoms with Crippen molar-refractivity contribution >= 4 is 28.5 Å². The number of hydrogen-bond donors (Lipinski definition) is 0. The molecule has 2 aliphatic rings. The number of thioether (sulfide) groups is 1. The van der Waals surface area contributed by atoms with Gasteiger partial charge >= 0.3 is 0 Å². The molecule has 148 valence electrons. The number of aliphatic imine (C=N–C) groups is 1. The Hall–Kier alpha value is -2.24. The highest BCUT2D eigenvalue weighted by Gasteiger charge is 2.46. The predicted molar refractivity (Wildman–Crippen MR) is 119 cm³/mol. The molecule has 0 N–H and O–H groups in total. The van der Waals surface area contributed by atoms with Crippen molar-refractivity contribution < 1.29 is 4.42 Å². The van der Waals surface area contributed by atoms with Gasteiger partial charge in [0, 0.05) is 28.6 Å². The first-order valence-corrected chi connectivity index (χ1v) is 11.3. The number of pyridine rings is 1. The molecule has 4 nitrogen and oxygen atoms in total. The Morgan fingerprint density at radius 1 is 1.21 bits per heavy atom. The topological polar surface area (TPSA) is 41.6 Å². The van der Waals surface area contributed by atoms with Gasteiger partial charge < -0.3 is 9.32 Å². The smallest absolute Gasteiger partial charge is 0.161 e. The second kappa shape index (κ2) is 7.54. The monoisotopic (exact) mass is 423 g/mol. The standard InChI is InChI=1S/C23H22ClN3OS/c1-3-16-13-29-23-26-21(18-6-4-5-11-25-18)22(27(16)23)20-10-9-19(28-20)17-12-15(24)8-7-14(17)2/h4-12,16,21-22H,3,13H2,1-2H3/t16-,21+,22+/m1/s1. The zero-order chi connectivity index (χ0) is 20.0. The van der Waals surface area contributed by atoms with Crippen LogP contribution in [0.5, 0.6) is 0 Å². The molecule has 0 unspecified atom stereocenters. The third-order valence-electron chi connectivity index (χ3n) is 5.71. The normalized spacial score (nSPS) is 23.3. The van der Waals surface area contributed by atoms with E-state index in [-0.39, 0.29) is 12.1 Å². The molecule has 3 aromatic rings. The van der Waals surface area contributed by atoms with E-state index in [4.69, 9.17) is 21.0 Å². The molecule has 2 aromatic heterocycles.